The van der Waals surface area contributed by atoms with E-state index in [0.717, 1.165) is 11.3 Å². The molecule has 0 aliphatic rings. The summed E-state index contributed by atoms with van der Waals surface area (Å²) in [6, 6.07) is 9.13. The topological polar surface area (TPSA) is 45.4 Å². The summed E-state index contributed by atoms with van der Waals surface area (Å²) in [7, 11) is 0. The van der Waals surface area contributed by atoms with Crippen molar-refractivity contribution in [1.82, 2.24) is 5.32 Å². The predicted octanol–water partition coefficient (Wildman–Crippen LogP) is 3.93. The van der Waals surface area contributed by atoms with Gasteiger partial charge >= 0.3 is 0 Å². The van der Waals surface area contributed by atoms with Gasteiger partial charge in [-0.05, 0) is 36.8 Å². The standard InChI is InChI=1S/C14H15Cl2NO2/c1-9(13-5-2-10(15)6-14(13)16)17-7-11-3-4-12(8-18)19-11/h2-6,9,17-18H,7-8H2,1H3. The van der Waals surface area contributed by atoms with Gasteiger partial charge in [0.15, 0.2) is 0 Å². The van der Waals surface area contributed by atoms with E-state index >= 15 is 0 Å². The molecular weight excluding hydrogens is 285 g/mol. The lowest BCUT2D eigenvalue weighted by atomic mass is 10.1. The predicted molar refractivity (Wildman–Crippen MR) is 76.3 cm³/mol. The fourth-order valence-electron chi connectivity index (χ4n) is 1.82. The molecule has 0 aliphatic heterocycles. The minimum absolute atomic E-state index is 0.0763. The summed E-state index contributed by atoms with van der Waals surface area (Å²) >= 11 is 12.0. The number of benzene rings is 1. The van der Waals surface area contributed by atoms with Crippen molar-refractivity contribution in [3.63, 3.8) is 0 Å². The lowest BCUT2D eigenvalue weighted by Crippen LogP contribution is -2.18. The zero-order chi connectivity index (χ0) is 13.8. The summed E-state index contributed by atoms with van der Waals surface area (Å²) < 4.78 is 5.40. The zero-order valence-corrected chi connectivity index (χ0v) is 12.0. The van der Waals surface area contributed by atoms with Gasteiger partial charge in [-0.1, -0.05) is 29.3 Å². The van der Waals surface area contributed by atoms with Crippen LogP contribution in [-0.2, 0) is 13.2 Å². The molecule has 2 aromatic rings. The molecule has 5 heteroatoms. The molecule has 0 spiro atoms. The molecule has 0 aliphatic carbocycles. The molecule has 1 unspecified atom stereocenters. The molecule has 0 saturated heterocycles. The molecule has 1 aromatic carbocycles. The van der Waals surface area contributed by atoms with Crippen molar-refractivity contribution in [3.8, 4) is 0 Å². The Balaban J connectivity index is 1.98. The van der Waals surface area contributed by atoms with Crippen molar-refractivity contribution in [2.45, 2.75) is 26.1 Å². The SMILES string of the molecule is CC(NCc1ccc(CO)o1)c1ccc(Cl)cc1Cl. The maximum atomic E-state index is 8.92. The summed E-state index contributed by atoms with van der Waals surface area (Å²) in [5.74, 6) is 1.34. The van der Waals surface area contributed by atoms with Crippen LogP contribution in [0.1, 0.15) is 30.0 Å². The first-order chi connectivity index (χ1) is 9.10. The van der Waals surface area contributed by atoms with Gasteiger partial charge in [0, 0.05) is 16.1 Å². The van der Waals surface area contributed by atoms with E-state index in [1.807, 2.05) is 25.1 Å². The quantitative estimate of drug-likeness (QED) is 0.879. The van der Waals surface area contributed by atoms with Crippen LogP contribution in [0.2, 0.25) is 10.0 Å². The third-order valence-electron chi connectivity index (χ3n) is 2.88. The van der Waals surface area contributed by atoms with E-state index < -0.39 is 0 Å². The van der Waals surface area contributed by atoms with E-state index in [-0.39, 0.29) is 12.6 Å². The van der Waals surface area contributed by atoms with Crippen LogP contribution in [0.4, 0.5) is 0 Å². The lowest BCUT2D eigenvalue weighted by Gasteiger charge is -2.15. The van der Waals surface area contributed by atoms with E-state index in [4.69, 9.17) is 32.7 Å². The number of furan rings is 1. The van der Waals surface area contributed by atoms with Crippen LogP contribution in [0.25, 0.3) is 0 Å². The number of nitrogens with one attached hydrogen (secondary N) is 1. The Bertz CT molecular complexity index is 554. The van der Waals surface area contributed by atoms with Crippen LogP contribution in [-0.4, -0.2) is 5.11 Å². The van der Waals surface area contributed by atoms with Gasteiger partial charge in [0.1, 0.15) is 18.1 Å². The first-order valence-electron chi connectivity index (χ1n) is 5.97. The van der Waals surface area contributed by atoms with Gasteiger partial charge in [0.05, 0.1) is 6.54 Å². The van der Waals surface area contributed by atoms with Crippen molar-refractivity contribution >= 4 is 23.2 Å². The fourth-order valence-corrected chi connectivity index (χ4v) is 2.39. The van der Waals surface area contributed by atoms with Crippen molar-refractivity contribution in [1.29, 1.82) is 0 Å². The van der Waals surface area contributed by atoms with Crippen LogP contribution < -0.4 is 5.32 Å². The van der Waals surface area contributed by atoms with Gasteiger partial charge in [-0.25, -0.2) is 0 Å². The van der Waals surface area contributed by atoms with E-state index in [1.54, 1.807) is 12.1 Å². The summed E-state index contributed by atoms with van der Waals surface area (Å²) in [5.41, 5.74) is 0.986. The summed E-state index contributed by atoms with van der Waals surface area (Å²) in [6.07, 6.45) is 0. The Morgan fingerprint density at radius 1 is 1.21 bits per heavy atom. The second-order valence-corrected chi connectivity index (χ2v) is 5.14. The molecule has 2 rings (SSSR count). The normalized spacial score (nSPS) is 12.6. The van der Waals surface area contributed by atoms with E-state index in [9.17, 15) is 0 Å². The third kappa shape index (κ3) is 3.74. The molecule has 0 fully saturated rings. The minimum atomic E-state index is -0.0848. The molecule has 0 saturated carbocycles. The molecule has 3 nitrogen and oxygen atoms in total. The molecule has 1 aromatic heterocycles. The fraction of sp³-hybridized carbons (Fsp3) is 0.286. The highest BCUT2D eigenvalue weighted by Gasteiger charge is 2.10. The molecule has 19 heavy (non-hydrogen) atoms. The Hall–Kier alpha value is -1.000. The first kappa shape index (κ1) is 14.4. The lowest BCUT2D eigenvalue weighted by molar-refractivity contribution is 0.242. The van der Waals surface area contributed by atoms with Gasteiger partial charge in [-0.15, -0.1) is 0 Å². The van der Waals surface area contributed by atoms with Crippen molar-refractivity contribution in [2.24, 2.45) is 0 Å². The number of hydrogen-bond donors (Lipinski definition) is 2. The van der Waals surface area contributed by atoms with Crippen LogP contribution >= 0.6 is 23.2 Å². The highest BCUT2D eigenvalue weighted by atomic mass is 35.5. The van der Waals surface area contributed by atoms with E-state index in [2.05, 4.69) is 5.32 Å². The van der Waals surface area contributed by atoms with Crippen LogP contribution in [0.15, 0.2) is 34.7 Å². The maximum absolute atomic E-state index is 8.92. The van der Waals surface area contributed by atoms with E-state index in [1.165, 1.54) is 0 Å². The Morgan fingerprint density at radius 3 is 2.58 bits per heavy atom. The molecule has 2 N–H and O–H groups in total. The maximum Gasteiger partial charge on any atom is 0.129 e. The summed E-state index contributed by atoms with van der Waals surface area (Å²) in [4.78, 5) is 0. The monoisotopic (exact) mass is 299 g/mol. The summed E-state index contributed by atoms with van der Waals surface area (Å²) in [5, 5.41) is 13.5. The molecular formula is C14H15Cl2NO2. The Morgan fingerprint density at radius 2 is 1.95 bits per heavy atom. The van der Waals surface area contributed by atoms with Gasteiger partial charge in [-0.2, -0.15) is 0 Å². The average molecular weight is 300 g/mol. The number of halogens is 2. The Kier molecular flexibility index (Phi) is 4.88. The van der Waals surface area contributed by atoms with Gasteiger partial charge in [0.25, 0.3) is 0 Å². The second-order valence-electron chi connectivity index (χ2n) is 4.29. The minimum Gasteiger partial charge on any atom is -0.462 e. The first-order valence-corrected chi connectivity index (χ1v) is 6.72. The van der Waals surface area contributed by atoms with Gasteiger partial charge in [-0.3, -0.25) is 0 Å². The number of aliphatic hydroxyl groups excluding tert-OH is 1. The summed E-state index contributed by atoms with van der Waals surface area (Å²) in [6.45, 7) is 2.50. The average Bonchev–Trinajstić information content (AvgIpc) is 2.84. The highest BCUT2D eigenvalue weighted by molar-refractivity contribution is 6.35. The Labute approximate surface area is 122 Å². The third-order valence-corrected chi connectivity index (χ3v) is 3.45. The molecule has 0 amide bonds. The highest BCUT2D eigenvalue weighted by Crippen LogP contribution is 2.26. The smallest absolute Gasteiger partial charge is 0.129 e. The zero-order valence-electron chi connectivity index (χ0n) is 10.5. The van der Waals surface area contributed by atoms with Crippen molar-refractivity contribution < 1.29 is 9.52 Å². The van der Waals surface area contributed by atoms with Crippen LogP contribution in [0.5, 0.6) is 0 Å². The van der Waals surface area contributed by atoms with Crippen LogP contribution in [0.3, 0.4) is 0 Å². The van der Waals surface area contributed by atoms with Crippen molar-refractivity contribution in [3.05, 3.63) is 57.5 Å². The van der Waals surface area contributed by atoms with Crippen molar-refractivity contribution in [2.75, 3.05) is 0 Å². The molecule has 1 heterocycles. The number of hydrogen-bond acceptors (Lipinski definition) is 3. The van der Waals surface area contributed by atoms with Crippen LogP contribution in [0, 0.1) is 0 Å². The number of aliphatic hydroxyl groups is 1. The second kappa shape index (κ2) is 6.44. The number of rotatable bonds is 5. The van der Waals surface area contributed by atoms with Gasteiger partial charge in [0.2, 0.25) is 0 Å². The molecule has 102 valence electrons. The van der Waals surface area contributed by atoms with Gasteiger partial charge < -0.3 is 14.8 Å². The largest absolute Gasteiger partial charge is 0.462 e. The molecule has 1 atom stereocenters. The molecule has 0 bridgehead atoms. The van der Waals surface area contributed by atoms with E-state index in [0.29, 0.717) is 22.4 Å². The molecule has 0 radical (unpaired) electrons.